The molecule has 2 atom stereocenters. The molecule has 0 saturated carbocycles. The summed E-state index contributed by atoms with van der Waals surface area (Å²) in [5.74, 6) is 1.73. The van der Waals surface area contributed by atoms with Crippen molar-refractivity contribution in [1.29, 1.82) is 0 Å². The highest BCUT2D eigenvalue weighted by atomic mass is 32.1. The second kappa shape index (κ2) is 5.59. The molecule has 1 aromatic carbocycles. The van der Waals surface area contributed by atoms with E-state index < -0.39 is 0 Å². The van der Waals surface area contributed by atoms with Crippen molar-refractivity contribution < 1.29 is 4.74 Å². The first-order valence-electron chi connectivity index (χ1n) is 8.61. The highest BCUT2D eigenvalue weighted by Crippen LogP contribution is 2.40. The minimum atomic E-state index is 0.130. The van der Waals surface area contributed by atoms with E-state index in [9.17, 15) is 4.79 Å². The van der Waals surface area contributed by atoms with Crippen LogP contribution >= 0.6 is 11.3 Å². The number of aromatic nitrogens is 2. The number of piperidine rings is 1. The highest BCUT2D eigenvalue weighted by molar-refractivity contribution is 7.22. The van der Waals surface area contributed by atoms with Gasteiger partial charge >= 0.3 is 0 Å². The van der Waals surface area contributed by atoms with Gasteiger partial charge in [-0.25, -0.2) is 4.98 Å². The molecule has 1 fully saturated rings. The summed E-state index contributed by atoms with van der Waals surface area (Å²) in [7, 11) is 1.69. The SMILES string of the molecule is COc1cccc2sc(N3CC4CC(C3)c3cccc(=O)n3C4)nc12. The molecule has 2 aromatic heterocycles. The van der Waals surface area contributed by atoms with Crippen molar-refractivity contribution in [1.82, 2.24) is 9.55 Å². The number of thiazole rings is 1. The molecule has 2 aliphatic heterocycles. The van der Waals surface area contributed by atoms with Crippen LogP contribution in [0.15, 0.2) is 41.2 Å². The zero-order chi connectivity index (χ0) is 17.0. The number of ether oxygens (including phenoxy) is 1. The van der Waals surface area contributed by atoms with Gasteiger partial charge in [-0.1, -0.05) is 23.5 Å². The normalized spacial score (nSPS) is 22.0. The molecule has 2 unspecified atom stereocenters. The Morgan fingerprint density at radius 2 is 2.04 bits per heavy atom. The van der Waals surface area contributed by atoms with Gasteiger partial charge in [-0.3, -0.25) is 4.79 Å². The number of para-hydroxylation sites is 1. The Labute approximate surface area is 149 Å². The second-order valence-corrected chi connectivity index (χ2v) is 7.92. The van der Waals surface area contributed by atoms with Crippen LogP contribution in [0.4, 0.5) is 5.13 Å². The fraction of sp³-hybridized carbons (Fsp3) is 0.368. The van der Waals surface area contributed by atoms with Crippen molar-refractivity contribution >= 4 is 26.7 Å². The standard InChI is InChI=1S/C19H19N3O2S/c1-24-15-5-3-6-16-18(15)20-19(25-16)21-9-12-8-13(11-21)14-4-2-7-17(23)22(14)10-12/h2-7,12-13H,8-11H2,1H3. The predicted octanol–water partition coefficient (Wildman–Crippen LogP) is 3.09. The lowest BCUT2D eigenvalue weighted by molar-refractivity contribution is 0.281. The van der Waals surface area contributed by atoms with Gasteiger partial charge in [0.2, 0.25) is 0 Å². The molecule has 1 saturated heterocycles. The first-order chi connectivity index (χ1) is 12.2. The van der Waals surface area contributed by atoms with E-state index in [1.807, 2.05) is 22.8 Å². The maximum atomic E-state index is 12.2. The molecule has 6 heteroatoms. The van der Waals surface area contributed by atoms with Crippen LogP contribution in [0.25, 0.3) is 10.2 Å². The van der Waals surface area contributed by atoms with Crippen molar-refractivity contribution in [2.45, 2.75) is 18.9 Å². The largest absolute Gasteiger partial charge is 0.494 e. The molecule has 2 bridgehead atoms. The van der Waals surface area contributed by atoms with Crippen molar-refractivity contribution in [3.63, 3.8) is 0 Å². The maximum absolute atomic E-state index is 12.2. The minimum Gasteiger partial charge on any atom is -0.494 e. The third-order valence-electron chi connectivity index (χ3n) is 5.34. The number of fused-ring (bicyclic) bond motifs is 5. The first-order valence-corrected chi connectivity index (χ1v) is 9.43. The summed E-state index contributed by atoms with van der Waals surface area (Å²) in [4.78, 5) is 19.4. The van der Waals surface area contributed by atoms with E-state index in [2.05, 4.69) is 17.0 Å². The molecule has 25 heavy (non-hydrogen) atoms. The van der Waals surface area contributed by atoms with Crippen LogP contribution in [-0.4, -0.2) is 29.8 Å². The molecule has 3 aromatic rings. The summed E-state index contributed by atoms with van der Waals surface area (Å²) in [6.07, 6.45) is 1.16. The van der Waals surface area contributed by atoms with Gasteiger partial charge in [-0.05, 0) is 30.5 Å². The van der Waals surface area contributed by atoms with E-state index in [4.69, 9.17) is 9.72 Å². The maximum Gasteiger partial charge on any atom is 0.250 e. The molecule has 0 radical (unpaired) electrons. The monoisotopic (exact) mass is 353 g/mol. The van der Waals surface area contributed by atoms with Crippen LogP contribution in [-0.2, 0) is 6.54 Å². The molecule has 5 nitrogen and oxygen atoms in total. The Morgan fingerprint density at radius 3 is 2.92 bits per heavy atom. The van der Waals surface area contributed by atoms with Crippen molar-refractivity contribution in [2.75, 3.05) is 25.1 Å². The number of nitrogens with zero attached hydrogens (tertiary/aromatic N) is 3. The molecule has 0 spiro atoms. The third-order valence-corrected chi connectivity index (χ3v) is 6.42. The zero-order valence-electron chi connectivity index (χ0n) is 14.0. The van der Waals surface area contributed by atoms with Crippen LogP contribution in [0.1, 0.15) is 18.0 Å². The fourth-order valence-electron chi connectivity index (χ4n) is 4.26. The summed E-state index contributed by atoms with van der Waals surface area (Å²) >= 11 is 1.72. The second-order valence-electron chi connectivity index (χ2n) is 6.91. The van der Waals surface area contributed by atoms with Crippen LogP contribution in [0.5, 0.6) is 5.75 Å². The highest BCUT2D eigenvalue weighted by Gasteiger charge is 2.35. The van der Waals surface area contributed by atoms with Gasteiger partial charge in [0.15, 0.2) is 5.13 Å². The first kappa shape index (κ1) is 15.0. The average molecular weight is 353 g/mol. The zero-order valence-corrected chi connectivity index (χ0v) is 14.8. The predicted molar refractivity (Wildman–Crippen MR) is 99.9 cm³/mol. The molecule has 2 aliphatic rings. The molecule has 0 aliphatic carbocycles. The number of hydrogen-bond acceptors (Lipinski definition) is 5. The van der Waals surface area contributed by atoms with E-state index in [-0.39, 0.29) is 5.56 Å². The lowest BCUT2D eigenvalue weighted by Crippen LogP contribution is -2.47. The number of anilines is 1. The number of methoxy groups -OCH3 is 1. The Bertz CT molecular complexity index is 1010. The van der Waals surface area contributed by atoms with Crippen LogP contribution in [0.3, 0.4) is 0 Å². The van der Waals surface area contributed by atoms with Gasteiger partial charge in [0.1, 0.15) is 11.3 Å². The Balaban J connectivity index is 1.52. The quantitative estimate of drug-likeness (QED) is 0.710. The van der Waals surface area contributed by atoms with Crippen molar-refractivity contribution in [3.05, 3.63) is 52.4 Å². The van der Waals surface area contributed by atoms with E-state index in [0.29, 0.717) is 11.8 Å². The smallest absolute Gasteiger partial charge is 0.250 e. The van der Waals surface area contributed by atoms with Gasteiger partial charge in [0.25, 0.3) is 5.56 Å². The van der Waals surface area contributed by atoms with Gasteiger partial charge in [0.05, 0.1) is 11.8 Å². The fourth-order valence-corrected chi connectivity index (χ4v) is 5.27. The molecule has 0 N–H and O–H groups in total. The molecule has 128 valence electrons. The average Bonchev–Trinajstić information content (AvgIpc) is 3.07. The summed E-state index contributed by atoms with van der Waals surface area (Å²) in [5, 5.41) is 1.06. The molecule has 5 rings (SSSR count). The molecule has 0 amide bonds. The lowest BCUT2D eigenvalue weighted by Gasteiger charge is -2.42. The summed E-state index contributed by atoms with van der Waals surface area (Å²) < 4.78 is 8.57. The number of benzene rings is 1. The Morgan fingerprint density at radius 1 is 1.16 bits per heavy atom. The Hall–Kier alpha value is -2.34. The van der Waals surface area contributed by atoms with E-state index in [1.165, 1.54) is 5.69 Å². The van der Waals surface area contributed by atoms with Crippen molar-refractivity contribution in [3.8, 4) is 5.75 Å². The van der Waals surface area contributed by atoms with Crippen LogP contribution in [0.2, 0.25) is 0 Å². The van der Waals surface area contributed by atoms with Crippen molar-refractivity contribution in [2.24, 2.45) is 5.92 Å². The molecular weight excluding hydrogens is 334 g/mol. The van der Waals surface area contributed by atoms with Gasteiger partial charge in [-0.2, -0.15) is 0 Å². The summed E-state index contributed by atoms with van der Waals surface area (Å²) in [5.41, 5.74) is 2.25. The van der Waals surface area contributed by atoms with E-state index in [1.54, 1.807) is 24.5 Å². The summed E-state index contributed by atoms with van der Waals surface area (Å²) in [6, 6.07) is 11.7. The minimum absolute atomic E-state index is 0.130. The van der Waals surface area contributed by atoms with E-state index in [0.717, 1.165) is 47.2 Å². The van der Waals surface area contributed by atoms with Crippen LogP contribution < -0.4 is 15.2 Å². The molecule has 4 heterocycles. The number of rotatable bonds is 2. The lowest BCUT2D eigenvalue weighted by atomic mass is 9.83. The van der Waals surface area contributed by atoms with Gasteiger partial charge < -0.3 is 14.2 Å². The van der Waals surface area contributed by atoms with Crippen LogP contribution in [0, 0.1) is 5.92 Å². The molecular formula is C19H19N3O2S. The summed E-state index contributed by atoms with van der Waals surface area (Å²) in [6.45, 7) is 2.69. The topological polar surface area (TPSA) is 47.4 Å². The number of hydrogen-bond donors (Lipinski definition) is 0. The van der Waals surface area contributed by atoms with E-state index >= 15 is 0 Å². The number of pyridine rings is 1. The van der Waals surface area contributed by atoms with Gasteiger partial charge in [-0.15, -0.1) is 0 Å². The van der Waals surface area contributed by atoms with Gasteiger partial charge in [0, 0.05) is 37.3 Å². The third kappa shape index (κ3) is 2.35. The Kier molecular flexibility index (Phi) is 3.35.